The zero-order valence-corrected chi connectivity index (χ0v) is 21.9. The average molecular weight is 535 g/mol. The standard InChI is InChI=1S/C27H30F4N4O3/c1-14(32-25(38)23(36)18-8-7-9-19(30)22(18)31)24(37)33-21-13-20(34-35(21)26(2,3)4)27(5,6)15-10-16(28)12-17(29)11-15/h7-14,23,36H,1-6H3,(H,32,38)(H,33,37). The number of hydrogen-bond acceptors (Lipinski definition) is 4. The van der Waals surface area contributed by atoms with Crippen molar-refractivity contribution < 1.29 is 32.3 Å². The summed E-state index contributed by atoms with van der Waals surface area (Å²) in [5.74, 6) is -5.60. The molecule has 3 aromatic rings. The molecule has 0 saturated carbocycles. The Morgan fingerprint density at radius 2 is 1.55 bits per heavy atom. The first-order chi connectivity index (χ1) is 17.5. The van der Waals surface area contributed by atoms with Gasteiger partial charge in [0.15, 0.2) is 17.7 Å². The number of aromatic nitrogens is 2. The van der Waals surface area contributed by atoms with Gasteiger partial charge < -0.3 is 15.7 Å². The van der Waals surface area contributed by atoms with Gasteiger partial charge in [-0.2, -0.15) is 5.10 Å². The highest BCUT2D eigenvalue weighted by Gasteiger charge is 2.32. The topological polar surface area (TPSA) is 96.2 Å². The Balaban J connectivity index is 1.84. The fourth-order valence-corrected chi connectivity index (χ4v) is 3.81. The van der Waals surface area contributed by atoms with Crippen LogP contribution in [0.4, 0.5) is 23.4 Å². The lowest BCUT2D eigenvalue weighted by Crippen LogP contribution is -2.44. The Kier molecular flexibility index (Phi) is 8.02. The summed E-state index contributed by atoms with van der Waals surface area (Å²) in [6.45, 7) is 10.3. The summed E-state index contributed by atoms with van der Waals surface area (Å²) in [6, 6.07) is 6.62. The van der Waals surface area contributed by atoms with E-state index in [2.05, 4.69) is 15.7 Å². The van der Waals surface area contributed by atoms with Crippen LogP contribution in [0.1, 0.15) is 64.5 Å². The molecule has 11 heteroatoms. The number of halogens is 4. The van der Waals surface area contributed by atoms with Gasteiger partial charge in [0.1, 0.15) is 23.5 Å². The molecule has 0 aliphatic carbocycles. The number of nitrogens with zero attached hydrogens (tertiary/aromatic N) is 2. The van der Waals surface area contributed by atoms with Gasteiger partial charge in [0.05, 0.1) is 11.2 Å². The van der Waals surface area contributed by atoms with E-state index >= 15 is 0 Å². The number of benzene rings is 2. The Morgan fingerprint density at radius 1 is 0.947 bits per heavy atom. The molecule has 3 rings (SSSR count). The molecular formula is C27H30F4N4O3. The Morgan fingerprint density at radius 3 is 2.13 bits per heavy atom. The lowest BCUT2D eigenvalue weighted by molar-refractivity contribution is -0.132. The van der Waals surface area contributed by atoms with Gasteiger partial charge in [0.2, 0.25) is 5.91 Å². The van der Waals surface area contributed by atoms with Crippen molar-refractivity contribution in [3.63, 3.8) is 0 Å². The van der Waals surface area contributed by atoms with Crippen LogP contribution in [0.25, 0.3) is 0 Å². The van der Waals surface area contributed by atoms with Crippen molar-refractivity contribution in [1.29, 1.82) is 0 Å². The highest BCUT2D eigenvalue weighted by atomic mass is 19.2. The number of aliphatic hydroxyl groups excluding tert-OH is 1. The van der Waals surface area contributed by atoms with E-state index in [4.69, 9.17) is 0 Å². The minimum absolute atomic E-state index is 0.250. The fourth-order valence-electron chi connectivity index (χ4n) is 3.81. The normalized spacial score (nSPS) is 13.7. The molecule has 0 fully saturated rings. The average Bonchev–Trinajstić information content (AvgIpc) is 3.25. The first-order valence-electron chi connectivity index (χ1n) is 11.8. The van der Waals surface area contributed by atoms with Crippen molar-refractivity contribution in [1.82, 2.24) is 15.1 Å². The van der Waals surface area contributed by atoms with Crippen LogP contribution >= 0.6 is 0 Å². The zero-order chi connectivity index (χ0) is 28.6. The third-order valence-corrected chi connectivity index (χ3v) is 6.10. The van der Waals surface area contributed by atoms with Crippen LogP contribution in [0.3, 0.4) is 0 Å². The summed E-state index contributed by atoms with van der Waals surface area (Å²) in [6.07, 6.45) is -2.04. The number of amides is 2. The molecular weight excluding hydrogens is 504 g/mol. The summed E-state index contributed by atoms with van der Waals surface area (Å²) in [4.78, 5) is 25.4. The van der Waals surface area contributed by atoms with Crippen molar-refractivity contribution in [3.05, 3.63) is 82.6 Å². The maximum atomic E-state index is 14.0. The van der Waals surface area contributed by atoms with Crippen molar-refractivity contribution >= 4 is 17.6 Å². The first-order valence-corrected chi connectivity index (χ1v) is 11.8. The van der Waals surface area contributed by atoms with Gasteiger partial charge in [-0.15, -0.1) is 0 Å². The third-order valence-electron chi connectivity index (χ3n) is 6.10. The molecule has 3 N–H and O–H groups in total. The monoisotopic (exact) mass is 534 g/mol. The number of anilines is 1. The third kappa shape index (κ3) is 6.04. The van der Waals surface area contributed by atoms with Gasteiger partial charge in [0, 0.05) is 23.1 Å². The largest absolute Gasteiger partial charge is 0.378 e. The molecule has 0 spiro atoms. The molecule has 0 bridgehead atoms. The Labute approximate surface area is 217 Å². The minimum atomic E-state index is -2.04. The molecule has 2 unspecified atom stereocenters. The predicted octanol–water partition coefficient (Wildman–Crippen LogP) is 4.70. The lowest BCUT2D eigenvalue weighted by atomic mass is 9.81. The lowest BCUT2D eigenvalue weighted by Gasteiger charge is -2.25. The Bertz CT molecular complexity index is 1340. The molecule has 0 aliphatic heterocycles. The number of hydrogen-bond donors (Lipinski definition) is 3. The second-order valence-corrected chi connectivity index (χ2v) is 10.5. The van der Waals surface area contributed by atoms with Crippen LogP contribution in [0.2, 0.25) is 0 Å². The number of aliphatic hydroxyl groups is 1. The van der Waals surface area contributed by atoms with E-state index < -0.39 is 63.7 Å². The van der Waals surface area contributed by atoms with E-state index in [0.29, 0.717) is 11.3 Å². The molecule has 7 nitrogen and oxygen atoms in total. The van der Waals surface area contributed by atoms with Crippen LogP contribution in [-0.4, -0.2) is 32.7 Å². The maximum Gasteiger partial charge on any atom is 0.254 e. The quantitative estimate of drug-likeness (QED) is 0.383. The molecule has 0 saturated heterocycles. The van der Waals surface area contributed by atoms with Crippen LogP contribution in [0.15, 0.2) is 42.5 Å². The summed E-state index contributed by atoms with van der Waals surface area (Å²) in [5, 5.41) is 19.7. The van der Waals surface area contributed by atoms with Gasteiger partial charge in [-0.3, -0.25) is 9.59 Å². The van der Waals surface area contributed by atoms with Crippen LogP contribution < -0.4 is 10.6 Å². The molecule has 1 aromatic heterocycles. The second kappa shape index (κ2) is 10.6. The molecule has 2 atom stereocenters. The van der Waals surface area contributed by atoms with Gasteiger partial charge >= 0.3 is 0 Å². The maximum absolute atomic E-state index is 14.0. The molecule has 1 heterocycles. The van der Waals surface area contributed by atoms with Crippen molar-refractivity contribution in [2.24, 2.45) is 0 Å². The number of carbonyl (C=O) groups is 2. The highest BCUT2D eigenvalue weighted by molar-refractivity contribution is 5.97. The fraction of sp³-hybridized carbons (Fsp3) is 0.370. The van der Waals surface area contributed by atoms with E-state index in [1.165, 1.54) is 23.7 Å². The van der Waals surface area contributed by atoms with E-state index in [0.717, 1.165) is 24.3 Å². The number of nitrogens with one attached hydrogen (secondary N) is 2. The number of rotatable bonds is 7. The van der Waals surface area contributed by atoms with Crippen molar-refractivity contribution in [2.75, 3.05) is 5.32 Å². The van der Waals surface area contributed by atoms with Gasteiger partial charge in [-0.25, -0.2) is 22.2 Å². The van der Waals surface area contributed by atoms with E-state index in [1.54, 1.807) is 19.9 Å². The van der Waals surface area contributed by atoms with Gasteiger partial charge in [-0.1, -0.05) is 26.0 Å². The molecule has 0 aliphatic rings. The van der Waals surface area contributed by atoms with Crippen LogP contribution in [-0.2, 0) is 20.5 Å². The molecule has 2 amide bonds. The SMILES string of the molecule is CC(NC(=O)C(O)c1cccc(F)c1F)C(=O)Nc1cc(C(C)(C)c2cc(F)cc(F)c2)nn1C(C)(C)C. The van der Waals surface area contributed by atoms with E-state index in [1.807, 2.05) is 20.8 Å². The summed E-state index contributed by atoms with van der Waals surface area (Å²) in [5.41, 5.74) is -1.38. The van der Waals surface area contributed by atoms with Gasteiger partial charge in [0.25, 0.3) is 5.91 Å². The molecule has 0 radical (unpaired) electrons. The van der Waals surface area contributed by atoms with E-state index in [-0.39, 0.29) is 5.82 Å². The Hall–Kier alpha value is -3.73. The second-order valence-electron chi connectivity index (χ2n) is 10.5. The molecule has 2 aromatic carbocycles. The zero-order valence-electron chi connectivity index (χ0n) is 21.9. The summed E-state index contributed by atoms with van der Waals surface area (Å²) in [7, 11) is 0. The van der Waals surface area contributed by atoms with Crippen molar-refractivity contribution in [2.45, 2.75) is 64.6 Å². The highest BCUT2D eigenvalue weighted by Crippen LogP contribution is 2.34. The molecule has 38 heavy (non-hydrogen) atoms. The van der Waals surface area contributed by atoms with Crippen LogP contribution in [0.5, 0.6) is 0 Å². The predicted molar refractivity (Wildman–Crippen MR) is 133 cm³/mol. The summed E-state index contributed by atoms with van der Waals surface area (Å²) < 4.78 is 56.8. The van der Waals surface area contributed by atoms with Crippen molar-refractivity contribution in [3.8, 4) is 0 Å². The minimum Gasteiger partial charge on any atom is -0.378 e. The molecule has 204 valence electrons. The first kappa shape index (κ1) is 28.8. The smallest absolute Gasteiger partial charge is 0.254 e. The van der Waals surface area contributed by atoms with E-state index in [9.17, 15) is 32.3 Å². The number of carbonyl (C=O) groups excluding carboxylic acids is 2. The van der Waals surface area contributed by atoms with Gasteiger partial charge in [-0.05, 0) is 51.5 Å². The summed E-state index contributed by atoms with van der Waals surface area (Å²) >= 11 is 0. The van der Waals surface area contributed by atoms with Crippen LogP contribution in [0, 0.1) is 23.3 Å².